The van der Waals surface area contributed by atoms with Crippen LogP contribution >= 0.6 is 0 Å². The number of benzene rings is 1. The van der Waals surface area contributed by atoms with Crippen molar-refractivity contribution in [1.82, 2.24) is 0 Å². The molecule has 1 aliphatic rings. The van der Waals surface area contributed by atoms with E-state index in [1.807, 2.05) is 31.2 Å². The van der Waals surface area contributed by atoms with Crippen molar-refractivity contribution in [1.29, 1.82) is 0 Å². The molecule has 0 heterocycles. The lowest BCUT2D eigenvalue weighted by molar-refractivity contribution is 0.531. The van der Waals surface area contributed by atoms with Crippen molar-refractivity contribution in [2.45, 2.75) is 12.2 Å². The van der Waals surface area contributed by atoms with Gasteiger partial charge in [-0.3, -0.25) is 4.21 Å². The van der Waals surface area contributed by atoms with Gasteiger partial charge in [-0.2, -0.15) is 0 Å². The molecule has 3 heteroatoms. The molecule has 1 aromatic carbocycles. The predicted octanol–water partition coefficient (Wildman–Crippen LogP) is 2.02. The highest BCUT2D eigenvalue weighted by Crippen LogP contribution is 2.36. The van der Waals surface area contributed by atoms with Crippen molar-refractivity contribution in [3.8, 4) is 0 Å². The van der Waals surface area contributed by atoms with Crippen LogP contribution in [-0.4, -0.2) is 8.76 Å². The Morgan fingerprint density at radius 2 is 2.08 bits per heavy atom. The van der Waals surface area contributed by atoms with Crippen LogP contribution in [0.4, 0.5) is 0 Å². The Bertz CT molecular complexity index is 396. The van der Waals surface area contributed by atoms with Crippen LogP contribution in [0.15, 0.2) is 30.3 Å². The maximum absolute atomic E-state index is 10.9. The molecular weight excluding hydrogens is 184 g/mol. The zero-order chi connectivity index (χ0) is 9.42. The summed E-state index contributed by atoms with van der Waals surface area (Å²) in [7, 11) is 0. The molecule has 68 valence electrons. The zero-order valence-corrected chi connectivity index (χ0v) is 8.01. The average molecular weight is 193 g/mol. The summed E-state index contributed by atoms with van der Waals surface area (Å²) >= 11 is -2.05. The van der Waals surface area contributed by atoms with Crippen molar-refractivity contribution in [3.05, 3.63) is 41.5 Å². The lowest BCUT2D eigenvalue weighted by Gasteiger charge is -2.13. The van der Waals surface area contributed by atoms with Gasteiger partial charge in [0.05, 0.1) is 5.25 Å². The van der Waals surface area contributed by atoms with E-state index in [0.717, 1.165) is 16.7 Å². The first-order valence-corrected chi connectivity index (χ1v) is 5.20. The highest BCUT2D eigenvalue weighted by Gasteiger charge is 2.20. The molecule has 2 unspecified atom stereocenters. The van der Waals surface area contributed by atoms with Gasteiger partial charge >= 0.3 is 0 Å². The van der Waals surface area contributed by atoms with E-state index in [9.17, 15) is 8.76 Å². The molecule has 0 spiro atoms. The van der Waals surface area contributed by atoms with Crippen LogP contribution in [-0.2, 0) is 11.1 Å². The average Bonchev–Trinajstić information content (AvgIpc) is 2.45. The fraction of sp³-hybridized carbons (Fsp3) is 0.200. The van der Waals surface area contributed by atoms with Gasteiger partial charge in [-0.15, -0.1) is 0 Å². The topological polar surface area (TPSA) is 40.1 Å². The van der Waals surface area contributed by atoms with Crippen LogP contribution in [0.1, 0.15) is 23.3 Å². The van der Waals surface area contributed by atoms with Crippen molar-refractivity contribution in [2.24, 2.45) is 0 Å². The van der Waals surface area contributed by atoms with E-state index in [2.05, 4.69) is 0 Å². The summed E-state index contributed by atoms with van der Waals surface area (Å²) in [5, 5.41) is -0.448. The second kappa shape index (κ2) is 3.09. The van der Waals surface area contributed by atoms with Crippen molar-refractivity contribution in [3.63, 3.8) is 0 Å². The molecule has 0 saturated heterocycles. The first kappa shape index (κ1) is 8.66. The Labute approximate surface area is 79.6 Å². The molecule has 0 saturated carbocycles. The first-order chi connectivity index (χ1) is 6.20. The van der Waals surface area contributed by atoms with Crippen LogP contribution in [0.25, 0.3) is 5.57 Å². The Kier molecular flexibility index (Phi) is 2.06. The number of rotatable bonds is 1. The maximum Gasteiger partial charge on any atom is 0.0656 e. The molecule has 0 fully saturated rings. The van der Waals surface area contributed by atoms with E-state index in [-0.39, 0.29) is 0 Å². The second-order valence-electron chi connectivity index (χ2n) is 3.12. The standard InChI is InChI=1S/C10H10O2S/c1-7-6-10(13(11)12)9-5-3-2-4-8(7)9/h2-6,10H,1H3,(H,11,12)/p-1. The Morgan fingerprint density at radius 1 is 1.38 bits per heavy atom. The molecule has 2 atom stereocenters. The molecule has 0 aromatic heterocycles. The number of allylic oxidation sites excluding steroid dienone is 1. The maximum atomic E-state index is 10.9. The number of fused-ring (bicyclic) bond motifs is 1. The first-order valence-electron chi connectivity index (χ1n) is 4.06. The van der Waals surface area contributed by atoms with E-state index >= 15 is 0 Å². The van der Waals surface area contributed by atoms with Crippen LogP contribution in [0.2, 0.25) is 0 Å². The minimum Gasteiger partial charge on any atom is -0.772 e. The number of hydrogen-bond donors (Lipinski definition) is 0. The van der Waals surface area contributed by atoms with Gasteiger partial charge in [-0.05, 0) is 34.7 Å². The monoisotopic (exact) mass is 193 g/mol. The van der Waals surface area contributed by atoms with Crippen LogP contribution in [0.3, 0.4) is 0 Å². The van der Waals surface area contributed by atoms with Crippen LogP contribution < -0.4 is 0 Å². The van der Waals surface area contributed by atoms with Crippen molar-refractivity contribution in [2.75, 3.05) is 0 Å². The minimum atomic E-state index is -2.05. The Balaban J connectivity index is 2.56. The molecule has 2 rings (SSSR count). The largest absolute Gasteiger partial charge is 0.772 e. The molecular formula is C10H9O2S-. The summed E-state index contributed by atoms with van der Waals surface area (Å²) in [5.41, 5.74) is 3.00. The van der Waals surface area contributed by atoms with Gasteiger partial charge < -0.3 is 4.55 Å². The van der Waals surface area contributed by atoms with Gasteiger partial charge in [0.15, 0.2) is 0 Å². The van der Waals surface area contributed by atoms with E-state index in [1.165, 1.54) is 0 Å². The molecule has 0 N–H and O–H groups in total. The fourth-order valence-corrected chi connectivity index (χ4v) is 2.40. The third kappa shape index (κ3) is 1.34. The summed E-state index contributed by atoms with van der Waals surface area (Å²) in [6.07, 6.45) is 1.79. The lowest BCUT2D eigenvalue weighted by atomic mass is 10.1. The SMILES string of the molecule is CC1=CC(S(=O)[O-])c2ccccc21. The van der Waals surface area contributed by atoms with Gasteiger partial charge in [-0.25, -0.2) is 0 Å². The smallest absolute Gasteiger partial charge is 0.0656 e. The summed E-state index contributed by atoms with van der Waals surface area (Å²) < 4.78 is 21.7. The normalized spacial score (nSPS) is 22.3. The van der Waals surface area contributed by atoms with E-state index < -0.39 is 16.3 Å². The second-order valence-corrected chi connectivity index (χ2v) is 4.15. The molecule has 1 aliphatic carbocycles. The molecule has 13 heavy (non-hydrogen) atoms. The van der Waals surface area contributed by atoms with Gasteiger partial charge in [0, 0.05) is 0 Å². The lowest BCUT2D eigenvalue weighted by Crippen LogP contribution is -2.00. The Morgan fingerprint density at radius 3 is 2.77 bits per heavy atom. The van der Waals surface area contributed by atoms with Crippen LogP contribution in [0.5, 0.6) is 0 Å². The number of hydrogen-bond acceptors (Lipinski definition) is 2. The van der Waals surface area contributed by atoms with E-state index in [1.54, 1.807) is 6.08 Å². The fourth-order valence-electron chi connectivity index (χ4n) is 1.67. The molecule has 1 aromatic rings. The predicted molar refractivity (Wildman–Crippen MR) is 51.8 cm³/mol. The van der Waals surface area contributed by atoms with Crippen molar-refractivity contribution >= 4 is 16.7 Å². The minimum absolute atomic E-state index is 0.448. The van der Waals surface area contributed by atoms with Crippen LogP contribution in [0, 0.1) is 0 Å². The van der Waals surface area contributed by atoms with E-state index in [4.69, 9.17) is 0 Å². The summed E-state index contributed by atoms with van der Waals surface area (Å²) in [6, 6.07) is 7.61. The Hall–Kier alpha value is -0.930. The summed E-state index contributed by atoms with van der Waals surface area (Å²) in [5.74, 6) is 0. The highest BCUT2D eigenvalue weighted by molar-refractivity contribution is 7.79. The zero-order valence-electron chi connectivity index (χ0n) is 7.19. The molecule has 0 aliphatic heterocycles. The summed E-state index contributed by atoms with van der Waals surface area (Å²) in [6.45, 7) is 1.94. The van der Waals surface area contributed by atoms with Crippen molar-refractivity contribution < 1.29 is 8.76 Å². The molecule has 0 bridgehead atoms. The van der Waals surface area contributed by atoms with Gasteiger partial charge in [0.1, 0.15) is 0 Å². The summed E-state index contributed by atoms with van der Waals surface area (Å²) in [4.78, 5) is 0. The van der Waals surface area contributed by atoms with Gasteiger partial charge in [0.25, 0.3) is 0 Å². The highest BCUT2D eigenvalue weighted by atomic mass is 32.2. The van der Waals surface area contributed by atoms with E-state index in [0.29, 0.717) is 0 Å². The van der Waals surface area contributed by atoms with Gasteiger partial charge in [0.2, 0.25) is 0 Å². The molecule has 0 radical (unpaired) electrons. The van der Waals surface area contributed by atoms with Gasteiger partial charge in [-0.1, -0.05) is 30.3 Å². The molecule has 0 amide bonds. The third-order valence-electron chi connectivity index (χ3n) is 2.30. The third-order valence-corrected chi connectivity index (χ3v) is 3.11. The molecule has 2 nitrogen and oxygen atoms in total. The quantitative estimate of drug-likeness (QED) is 0.640.